The molecule has 0 unspecified atom stereocenters. The van der Waals surface area contributed by atoms with Crippen LogP contribution in [0.1, 0.15) is 39.1 Å². The van der Waals surface area contributed by atoms with Gasteiger partial charge in [-0.2, -0.15) is 0 Å². The van der Waals surface area contributed by atoms with Gasteiger partial charge in [0.2, 0.25) is 5.91 Å². The minimum absolute atomic E-state index is 0.0799. The third-order valence-corrected chi connectivity index (χ3v) is 5.04. The zero-order valence-electron chi connectivity index (χ0n) is 17.8. The average Bonchev–Trinajstić information content (AvgIpc) is 3.32. The molecule has 2 amide bonds. The van der Waals surface area contributed by atoms with Crippen molar-refractivity contribution in [2.45, 2.75) is 25.5 Å². The van der Waals surface area contributed by atoms with Gasteiger partial charge in [-0.1, -0.05) is 30.3 Å². The quantitative estimate of drug-likeness (QED) is 0.543. The van der Waals surface area contributed by atoms with E-state index in [0.717, 1.165) is 5.56 Å². The number of esters is 2. The summed E-state index contributed by atoms with van der Waals surface area (Å²) in [6.07, 6.45) is 0.533. The number of anilines is 1. The Morgan fingerprint density at radius 1 is 0.969 bits per heavy atom. The maximum Gasteiger partial charge on any atom is 0.410 e. The fourth-order valence-corrected chi connectivity index (χ4v) is 3.46. The molecule has 0 bridgehead atoms. The van der Waals surface area contributed by atoms with Gasteiger partial charge >= 0.3 is 18.0 Å². The van der Waals surface area contributed by atoms with Gasteiger partial charge in [0.05, 0.1) is 25.3 Å². The largest absolute Gasteiger partial charge is 0.465 e. The summed E-state index contributed by atoms with van der Waals surface area (Å²) < 4.78 is 14.8. The lowest BCUT2D eigenvalue weighted by Gasteiger charge is -2.23. The van der Waals surface area contributed by atoms with Crippen LogP contribution in [0.15, 0.2) is 48.5 Å². The molecular formula is C23H24N2O7. The number of carbonyl (C=O) groups is 4. The summed E-state index contributed by atoms with van der Waals surface area (Å²) >= 11 is 0. The molecule has 1 N–H and O–H groups in total. The lowest BCUT2D eigenvalue weighted by Crippen LogP contribution is -2.43. The smallest absolute Gasteiger partial charge is 0.410 e. The van der Waals surface area contributed by atoms with E-state index < -0.39 is 30.0 Å². The second kappa shape index (κ2) is 10.4. The Balaban J connectivity index is 1.71. The summed E-state index contributed by atoms with van der Waals surface area (Å²) in [7, 11) is 2.42. The SMILES string of the molecule is COC(=O)c1cc(NC(=O)[C@H]2CCCN2C(=O)OCc2ccccc2)cc(C(=O)OC)c1. The molecule has 1 fully saturated rings. The summed E-state index contributed by atoms with van der Waals surface area (Å²) in [5.41, 5.74) is 1.21. The van der Waals surface area contributed by atoms with Crippen LogP contribution < -0.4 is 5.32 Å². The number of benzene rings is 2. The van der Waals surface area contributed by atoms with Crippen molar-refractivity contribution in [2.24, 2.45) is 0 Å². The Labute approximate surface area is 185 Å². The fraction of sp³-hybridized carbons (Fsp3) is 0.304. The Bertz CT molecular complexity index is 972. The molecule has 32 heavy (non-hydrogen) atoms. The number of carbonyl (C=O) groups excluding carboxylic acids is 4. The standard InChI is InChI=1S/C23H24N2O7/c1-30-21(27)16-11-17(22(28)31-2)13-18(12-16)24-20(26)19-9-6-10-25(19)23(29)32-14-15-7-4-3-5-8-15/h3-5,7-8,11-13,19H,6,9-10,14H2,1-2H3,(H,24,26)/t19-/m1/s1. The van der Waals surface area contributed by atoms with Gasteiger partial charge in [-0.25, -0.2) is 14.4 Å². The molecule has 0 aromatic heterocycles. The van der Waals surface area contributed by atoms with Crippen molar-refractivity contribution in [1.29, 1.82) is 0 Å². The van der Waals surface area contributed by atoms with Gasteiger partial charge in [0.1, 0.15) is 12.6 Å². The predicted octanol–water partition coefficient (Wildman–Crippen LogP) is 3.00. The molecule has 3 rings (SSSR count). The molecule has 9 nitrogen and oxygen atoms in total. The van der Waals surface area contributed by atoms with Crippen LogP contribution >= 0.6 is 0 Å². The second-order valence-corrected chi connectivity index (χ2v) is 7.16. The number of rotatable bonds is 6. The van der Waals surface area contributed by atoms with Crippen LogP contribution in [0, 0.1) is 0 Å². The third kappa shape index (κ3) is 5.42. The summed E-state index contributed by atoms with van der Waals surface area (Å²) in [4.78, 5) is 50.7. The molecule has 2 aromatic carbocycles. The van der Waals surface area contributed by atoms with Crippen LogP contribution in [0.25, 0.3) is 0 Å². The zero-order chi connectivity index (χ0) is 23.1. The van der Waals surface area contributed by atoms with Crippen molar-refractivity contribution in [3.63, 3.8) is 0 Å². The minimum atomic E-state index is -0.735. The van der Waals surface area contributed by atoms with Gasteiger partial charge in [-0.05, 0) is 36.6 Å². The van der Waals surface area contributed by atoms with Gasteiger partial charge in [-0.15, -0.1) is 0 Å². The van der Waals surface area contributed by atoms with Crippen molar-refractivity contribution in [2.75, 3.05) is 26.1 Å². The number of amides is 2. The Hall–Kier alpha value is -3.88. The fourth-order valence-electron chi connectivity index (χ4n) is 3.46. The lowest BCUT2D eigenvalue weighted by atomic mass is 10.1. The topological polar surface area (TPSA) is 111 Å². The molecule has 1 saturated heterocycles. The van der Waals surface area contributed by atoms with Crippen LogP contribution in [0.2, 0.25) is 0 Å². The van der Waals surface area contributed by atoms with E-state index in [9.17, 15) is 19.2 Å². The van der Waals surface area contributed by atoms with Crippen LogP contribution in [0.3, 0.4) is 0 Å². The van der Waals surface area contributed by atoms with Crippen LogP contribution in [0.5, 0.6) is 0 Å². The molecule has 0 saturated carbocycles. The minimum Gasteiger partial charge on any atom is -0.465 e. The first-order chi connectivity index (χ1) is 15.4. The molecule has 0 spiro atoms. The van der Waals surface area contributed by atoms with Crippen molar-refractivity contribution in [1.82, 2.24) is 4.90 Å². The van der Waals surface area contributed by atoms with Crippen molar-refractivity contribution in [3.05, 3.63) is 65.2 Å². The van der Waals surface area contributed by atoms with Crippen LogP contribution in [-0.4, -0.2) is 55.6 Å². The molecule has 0 aliphatic carbocycles. The van der Waals surface area contributed by atoms with Gasteiger partial charge < -0.3 is 19.5 Å². The van der Waals surface area contributed by atoms with E-state index in [-0.39, 0.29) is 23.4 Å². The van der Waals surface area contributed by atoms with E-state index in [2.05, 4.69) is 5.32 Å². The van der Waals surface area contributed by atoms with E-state index in [0.29, 0.717) is 19.4 Å². The number of likely N-dealkylation sites (tertiary alicyclic amines) is 1. The highest BCUT2D eigenvalue weighted by atomic mass is 16.6. The van der Waals surface area contributed by atoms with Crippen molar-refractivity contribution < 1.29 is 33.4 Å². The molecule has 1 heterocycles. The zero-order valence-corrected chi connectivity index (χ0v) is 17.8. The van der Waals surface area contributed by atoms with Gasteiger partial charge in [0.15, 0.2) is 0 Å². The highest BCUT2D eigenvalue weighted by Crippen LogP contribution is 2.22. The van der Waals surface area contributed by atoms with Crippen LogP contribution in [0.4, 0.5) is 10.5 Å². The number of hydrogen-bond donors (Lipinski definition) is 1. The van der Waals surface area contributed by atoms with Crippen LogP contribution in [-0.2, 0) is 25.6 Å². The molecule has 1 aliphatic rings. The van der Waals surface area contributed by atoms with E-state index in [1.165, 1.54) is 37.3 Å². The number of ether oxygens (including phenoxy) is 3. The maximum atomic E-state index is 12.9. The molecular weight excluding hydrogens is 416 g/mol. The highest BCUT2D eigenvalue weighted by Gasteiger charge is 2.35. The number of nitrogens with one attached hydrogen (secondary N) is 1. The first kappa shape index (κ1) is 22.8. The number of hydrogen-bond acceptors (Lipinski definition) is 7. The molecule has 168 valence electrons. The molecule has 9 heteroatoms. The molecule has 0 radical (unpaired) electrons. The Kier molecular flexibility index (Phi) is 7.43. The molecule has 2 aromatic rings. The van der Waals surface area contributed by atoms with E-state index >= 15 is 0 Å². The summed E-state index contributed by atoms with van der Waals surface area (Å²) in [6.45, 7) is 0.496. The second-order valence-electron chi connectivity index (χ2n) is 7.16. The monoisotopic (exact) mass is 440 g/mol. The van der Waals surface area contributed by atoms with Gasteiger partial charge in [-0.3, -0.25) is 9.69 Å². The molecule has 1 aliphatic heterocycles. The molecule has 1 atom stereocenters. The maximum absolute atomic E-state index is 12.9. The summed E-state index contributed by atoms with van der Waals surface area (Å²) in [5, 5.41) is 2.68. The summed E-state index contributed by atoms with van der Waals surface area (Å²) in [5.74, 6) is -1.78. The predicted molar refractivity (Wildman–Crippen MR) is 114 cm³/mol. The number of nitrogens with zero attached hydrogens (tertiary/aromatic N) is 1. The first-order valence-corrected chi connectivity index (χ1v) is 10.0. The summed E-state index contributed by atoms with van der Waals surface area (Å²) in [6, 6.07) is 12.6. The van der Waals surface area contributed by atoms with Crippen molar-refractivity contribution in [3.8, 4) is 0 Å². The normalized spacial score (nSPS) is 15.1. The first-order valence-electron chi connectivity index (χ1n) is 10.0. The van der Waals surface area contributed by atoms with Crippen molar-refractivity contribution >= 4 is 29.6 Å². The Morgan fingerprint density at radius 2 is 1.59 bits per heavy atom. The number of methoxy groups -OCH3 is 2. The van der Waals surface area contributed by atoms with E-state index in [4.69, 9.17) is 14.2 Å². The van der Waals surface area contributed by atoms with Gasteiger partial charge in [0, 0.05) is 12.2 Å². The lowest BCUT2D eigenvalue weighted by molar-refractivity contribution is -0.120. The van der Waals surface area contributed by atoms with Gasteiger partial charge in [0.25, 0.3) is 0 Å². The average molecular weight is 440 g/mol. The highest BCUT2D eigenvalue weighted by molar-refractivity contribution is 6.01. The van der Waals surface area contributed by atoms with E-state index in [1.807, 2.05) is 30.3 Å². The Morgan fingerprint density at radius 3 is 2.19 bits per heavy atom. The third-order valence-electron chi connectivity index (χ3n) is 5.04. The van der Waals surface area contributed by atoms with E-state index in [1.54, 1.807) is 0 Å².